The Morgan fingerprint density at radius 3 is 2.68 bits per heavy atom. The van der Waals surface area contributed by atoms with Gasteiger partial charge in [-0.2, -0.15) is 0 Å². The molecule has 7 nitrogen and oxygen atoms in total. The van der Waals surface area contributed by atoms with Gasteiger partial charge in [-0.1, -0.05) is 20.8 Å². The Kier molecular flexibility index (Phi) is 6.95. The van der Waals surface area contributed by atoms with Crippen molar-refractivity contribution in [2.45, 2.75) is 51.2 Å². The number of hydrogen-bond donors (Lipinski definition) is 2. The van der Waals surface area contributed by atoms with Gasteiger partial charge < -0.3 is 20.2 Å². The van der Waals surface area contributed by atoms with Gasteiger partial charge in [0, 0.05) is 49.2 Å². The van der Waals surface area contributed by atoms with Crippen molar-refractivity contribution in [2.24, 2.45) is 0 Å². The number of aromatic nitrogens is 2. The number of amides is 1. The molecule has 0 radical (unpaired) electrons. The molecule has 0 spiro atoms. The van der Waals surface area contributed by atoms with E-state index in [9.17, 15) is 9.90 Å². The van der Waals surface area contributed by atoms with E-state index in [1.807, 2.05) is 17.0 Å². The van der Waals surface area contributed by atoms with Crippen LogP contribution >= 0.6 is 27.3 Å². The zero-order valence-electron chi connectivity index (χ0n) is 18.2. The van der Waals surface area contributed by atoms with Crippen molar-refractivity contribution in [3.8, 4) is 0 Å². The number of nitrogens with zero attached hydrogens (tertiary/aromatic N) is 4. The molecule has 1 unspecified atom stereocenters. The van der Waals surface area contributed by atoms with E-state index in [0.29, 0.717) is 32.1 Å². The van der Waals surface area contributed by atoms with Crippen molar-refractivity contribution < 1.29 is 9.90 Å². The van der Waals surface area contributed by atoms with Crippen LogP contribution in [-0.4, -0.2) is 64.6 Å². The van der Waals surface area contributed by atoms with E-state index in [1.165, 1.54) is 0 Å². The quantitative estimate of drug-likeness (QED) is 0.624. The molecule has 0 aromatic carbocycles. The molecule has 31 heavy (non-hydrogen) atoms. The average Bonchev–Trinajstić information content (AvgIpc) is 3.31. The third-order valence-corrected chi connectivity index (χ3v) is 7.87. The van der Waals surface area contributed by atoms with Gasteiger partial charge in [-0.15, -0.1) is 11.3 Å². The van der Waals surface area contributed by atoms with Crippen LogP contribution in [0.25, 0.3) is 0 Å². The van der Waals surface area contributed by atoms with Crippen molar-refractivity contribution in [1.82, 2.24) is 20.2 Å². The lowest BCUT2D eigenvalue weighted by Crippen LogP contribution is -2.51. The maximum absolute atomic E-state index is 13.4. The molecule has 3 heterocycles. The second kappa shape index (κ2) is 9.52. The molecule has 1 saturated heterocycles. The molecule has 9 heteroatoms. The number of rotatable bonds is 6. The number of hydrogen-bond acceptors (Lipinski definition) is 7. The van der Waals surface area contributed by atoms with Crippen LogP contribution in [0.4, 0.5) is 5.82 Å². The first-order valence-electron chi connectivity index (χ1n) is 10.9. The van der Waals surface area contributed by atoms with Crippen LogP contribution in [0.15, 0.2) is 22.2 Å². The number of thiophene rings is 1. The average molecular weight is 508 g/mol. The normalized spacial score (nSPS) is 22.1. The van der Waals surface area contributed by atoms with E-state index in [1.54, 1.807) is 17.7 Å². The Balaban J connectivity index is 1.46. The number of halogens is 1. The molecule has 168 valence electrons. The highest BCUT2D eigenvalue weighted by molar-refractivity contribution is 9.11. The van der Waals surface area contributed by atoms with Crippen molar-refractivity contribution in [3.05, 3.63) is 38.4 Å². The van der Waals surface area contributed by atoms with E-state index in [4.69, 9.17) is 0 Å². The van der Waals surface area contributed by atoms with Crippen molar-refractivity contribution in [3.63, 3.8) is 0 Å². The van der Waals surface area contributed by atoms with E-state index >= 15 is 0 Å². The summed E-state index contributed by atoms with van der Waals surface area (Å²) in [5.41, 5.74) is 1.83. The van der Waals surface area contributed by atoms with Crippen LogP contribution in [-0.2, 0) is 4.79 Å². The van der Waals surface area contributed by atoms with E-state index in [0.717, 1.165) is 38.8 Å². The Labute approximate surface area is 196 Å². The molecule has 2 aromatic heterocycles. The van der Waals surface area contributed by atoms with Gasteiger partial charge in [-0.25, -0.2) is 9.97 Å². The summed E-state index contributed by atoms with van der Waals surface area (Å²) in [7, 11) is 0. The molecule has 2 aliphatic rings. The van der Waals surface area contributed by atoms with Gasteiger partial charge in [0.2, 0.25) is 5.91 Å². The number of fused-ring (bicyclic) bond motifs is 1. The van der Waals surface area contributed by atoms with E-state index < -0.39 is 6.10 Å². The summed E-state index contributed by atoms with van der Waals surface area (Å²) < 4.78 is 1.04. The number of aliphatic hydroxyl groups is 1. The highest BCUT2D eigenvalue weighted by Gasteiger charge is 2.35. The summed E-state index contributed by atoms with van der Waals surface area (Å²) in [4.78, 5) is 27.6. The second-order valence-electron chi connectivity index (χ2n) is 8.72. The SMILES string of the molecule is CC(C)NCC(C(=O)N1CCN(c2ncnc3c2[C@H](C)C[C@@H]3O)CC1)c1ccc(Br)s1. The molecular weight excluding hydrogens is 478 g/mol. The van der Waals surface area contributed by atoms with Crippen molar-refractivity contribution in [1.29, 1.82) is 0 Å². The van der Waals surface area contributed by atoms with E-state index in [-0.39, 0.29) is 17.7 Å². The summed E-state index contributed by atoms with van der Waals surface area (Å²) in [6, 6.07) is 4.39. The summed E-state index contributed by atoms with van der Waals surface area (Å²) in [6.45, 7) is 9.75. The lowest BCUT2D eigenvalue weighted by molar-refractivity contribution is -0.133. The predicted octanol–water partition coefficient (Wildman–Crippen LogP) is 3.27. The topological polar surface area (TPSA) is 81.6 Å². The van der Waals surface area contributed by atoms with Gasteiger partial charge in [-0.3, -0.25) is 4.79 Å². The Morgan fingerprint density at radius 2 is 2.03 bits per heavy atom. The van der Waals surface area contributed by atoms with Gasteiger partial charge in [0.25, 0.3) is 0 Å². The fourth-order valence-electron chi connectivity index (χ4n) is 4.49. The molecule has 1 amide bonds. The Hall–Kier alpha value is -1.55. The number of piperazine rings is 1. The maximum Gasteiger partial charge on any atom is 0.232 e. The number of nitrogens with one attached hydrogen (secondary N) is 1. The predicted molar refractivity (Wildman–Crippen MR) is 127 cm³/mol. The summed E-state index contributed by atoms with van der Waals surface area (Å²) >= 11 is 5.16. The highest BCUT2D eigenvalue weighted by Crippen LogP contribution is 2.42. The molecule has 4 rings (SSSR count). The monoisotopic (exact) mass is 507 g/mol. The molecule has 0 saturated carbocycles. The fraction of sp³-hybridized carbons (Fsp3) is 0.591. The van der Waals surface area contributed by atoms with Crippen LogP contribution in [0.1, 0.15) is 61.3 Å². The third-order valence-electron chi connectivity index (χ3n) is 6.14. The molecular formula is C22H30BrN5O2S. The molecule has 2 N–H and O–H groups in total. The highest BCUT2D eigenvalue weighted by atomic mass is 79.9. The summed E-state index contributed by atoms with van der Waals surface area (Å²) in [6.07, 6.45) is 1.74. The molecule has 2 aromatic rings. The molecule has 0 bridgehead atoms. The summed E-state index contributed by atoms with van der Waals surface area (Å²) in [5.74, 6) is 1.16. The molecule has 3 atom stereocenters. The van der Waals surface area contributed by atoms with Crippen LogP contribution in [0, 0.1) is 0 Å². The van der Waals surface area contributed by atoms with Gasteiger partial charge in [-0.05, 0) is 40.4 Å². The van der Waals surface area contributed by atoms with Crippen molar-refractivity contribution in [2.75, 3.05) is 37.6 Å². The smallest absolute Gasteiger partial charge is 0.232 e. The van der Waals surface area contributed by atoms with Crippen LogP contribution in [0.2, 0.25) is 0 Å². The Morgan fingerprint density at radius 1 is 1.29 bits per heavy atom. The fourth-order valence-corrected chi connectivity index (χ4v) is 6.01. The lowest BCUT2D eigenvalue weighted by atomic mass is 10.0. The standard InChI is InChI=1S/C22H30BrN5O2S/c1-13(2)24-11-15(17-4-5-18(23)31-17)22(30)28-8-6-27(7-9-28)21-19-14(3)10-16(29)20(19)25-12-26-21/h4-5,12-16,24,29H,6-11H2,1-3H3/t14-,15?,16+/m1/s1. The number of aliphatic hydroxyl groups excluding tert-OH is 1. The number of carbonyl (C=O) groups is 1. The van der Waals surface area contributed by atoms with Gasteiger partial charge in [0.05, 0.1) is 21.5 Å². The largest absolute Gasteiger partial charge is 0.387 e. The van der Waals surface area contributed by atoms with Crippen LogP contribution < -0.4 is 10.2 Å². The second-order valence-corrected chi connectivity index (χ2v) is 11.2. The number of carbonyl (C=O) groups excluding carboxylic acids is 1. The van der Waals surface area contributed by atoms with Crippen LogP contribution in [0.5, 0.6) is 0 Å². The third kappa shape index (κ3) is 4.79. The first kappa shape index (κ1) is 22.6. The van der Waals surface area contributed by atoms with E-state index in [2.05, 4.69) is 56.9 Å². The van der Waals surface area contributed by atoms with Crippen LogP contribution in [0.3, 0.4) is 0 Å². The minimum Gasteiger partial charge on any atom is -0.387 e. The van der Waals surface area contributed by atoms with Gasteiger partial charge in [0.15, 0.2) is 0 Å². The molecule has 1 fully saturated rings. The lowest BCUT2D eigenvalue weighted by Gasteiger charge is -2.38. The molecule has 1 aliphatic carbocycles. The summed E-state index contributed by atoms with van der Waals surface area (Å²) in [5, 5.41) is 13.7. The zero-order valence-corrected chi connectivity index (χ0v) is 20.6. The van der Waals surface area contributed by atoms with Gasteiger partial charge in [0.1, 0.15) is 12.1 Å². The first-order valence-corrected chi connectivity index (χ1v) is 12.5. The van der Waals surface area contributed by atoms with Crippen molar-refractivity contribution >= 4 is 39.0 Å². The van der Waals surface area contributed by atoms with Gasteiger partial charge >= 0.3 is 0 Å². The first-order chi connectivity index (χ1) is 14.8. The minimum absolute atomic E-state index is 0.177. The maximum atomic E-state index is 13.4. The minimum atomic E-state index is -0.506. The number of anilines is 1. The molecule has 1 aliphatic heterocycles. The zero-order chi connectivity index (χ0) is 22.1. The Bertz CT molecular complexity index is 928.